The van der Waals surface area contributed by atoms with Gasteiger partial charge in [0.1, 0.15) is 17.5 Å². The number of aliphatic hydroxyl groups is 1. The topological polar surface area (TPSA) is 61.3 Å². The molecule has 2 N–H and O–H groups in total. The third kappa shape index (κ3) is 3.20. The fourth-order valence-electron chi connectivity index (χ4n) is 2.14. The molecule has 1 heterocycles. The maximum atomic E-state index is 9.36. The number of nitrogens with one attached hydrogen (secondary N) is 1. The zero-order chi connectivity index (χ0) is 14.7. The minimum Gasteiger partial charge on any atom is -0.394 e. The lowest BCUT2D eigenvalue weighted by Crippen LogP contribution is -2.33. The number of aliphatic hydroxyl groups excluding tert-OH is 1. The van der Waals surface area contributed by atoms with Gasteiger partial charge in [-0.3, -0.25) is 0 Å². The van der Waals surface area contributed by atoms with Gasteiger partial charge < -0.3 is 15.3 Å². The molecule has 5 heteroatoms. The number of hydrogen-bond donors (Lipinski definition) is 2. The molecule has 1 saturated carbocycles. The third-order valence-electron chi connectivity index (χ3n) is 3.88. The molecular weight excluding hydrogens is 252 g/mol. The third-order valence-corrected chi connectivity index (χ3v) is 3.88. The van der Waals surface area contributed by atoms with Crippen molar-refractivity contribution in [3.63, 3.8) is 0 Å². The Morgan fingerprint density at radius 3 is 2.65 bits per heavy atom. The number of nitrogens with zero attached hydrogens (tertiary/aromatic N) is 3. The van der Waals surface area contributed by atoms with Crippen LogP contribution in [0.3, 0.4) is 0 Å². The van der Waals surface area contributed by atoms with Crippen LogP contribution in [0.15, 0.2) is 0 Å². The van der Waals surface area contributed by atoms with Gasteiger partial charge in [-0.2, -0.15) is 0 Å². The average Bonchev–Trinajstić information content (AvgIpc) is 3.29. The SMILES string of the molecule is CCCNc1nc(C2CC2)nc(N(C)C(C)CO)c1C. The highest BCUT2D eigenvalue weighted by Crippen LogP contribution is 2.40. The van der Waals surface area contributed by atoms with Crippen LogP contribution in [0, 0.1) is 6.92 Å². The molecule has 1 aliphatic rings. The number of aromatic nitrogens is 2. The smallest absolute Gasteiger partial charge is 0.137 e. The van der Waals surface area contributed by atoms with E-state index in [2.05, 4.69) is 17.2 Å². The van der Waals surface area contributed by atoms with Crippen LogP contribution in [0.4, 0.5) is 11.6 Å². The highest BCUT2D eigenvalue weighted by atomic mass is 16.3. The summed E-state index contributed by atoms with van der Waals surface area (Å²) in [7, 11) is 1.98. The molecule has 20 heavy (non-hydrogen) atoms. The Balaban J connectivity index is 2.35. The first kappa shape index (κ1) is 15.0. The van der Waals surface area contributed by atoms with Gasteiger partial charge in [0.15, 0.2) is 0 Å². The second-order valence-electron chi connectivity index (χ2n) is 5.72. The second kappa shape index (κ2) is 6.39. The second-order valence-corrected chi connectivity index (χ2v) is 5.72. The number of hydrogen-bond acceptors (Lipinski definition) is 5. The first-order valence-corrected chi connectivity index (χ1v) is 7.54. The summed E-state index contributed by atoms with van der Waals surface area (Å²) >= 11 is 0. The van der Waals surface area contributed by atoms with E-state index in [4.69, 9.17) is 4.98 Å². The van der Waals surface area contributed by atoms with Crippen LogP contribution in [0.25, 0.3) is 0 Å². The molecular formula is C15H26N4O. The van der Waals surface area contributed by atoms with Crippen molar-refractivity contribution >= 4 is 11.6 Å². The van der Waals surface area contributed by atoms with E-state index in [0.717, 1.165) is 36.0 Å². The Morgan fingerprint density at radius 1 is 1.40 bits per heavy atom. The fourth-order valence-corrected chi connectivity index (χ4v) is 2.14. The zero-order valence-electron chi connectivity index (χ0n) is 13.0. The Bertz CT molecular complexity index is 459. The fraction of sp³-hybridized carbons (Fsp3) is 0.733. The predicted molar refractivity (Wildman–Crippen MR) is 82.5 cm³/mol. The largest absolute Gasteiger partial charge is 0.394 e. The van der Waals surface area contributed by atoms with Crippen LogP contribution < -0.4 is 10.2 Å². The van der Waals surface area contributed by atoms with Crippen molar-refractivity contribution in [3.05, 3.63) is 11.4 Å². The van der Waals surface area contributed by atoms with Gasteiger partial charge in [0.25, 0.3) is 0 Å². The monoisotopic (exact) mass is 278 g/mol. The quantitative estimate of drug-likeness (QED) is 0.801. The molecule has 1 aliphatic carbocycles. The summed E-state index contributed by atoms with van der Waals surface area (Å²) in [5, 5.41) is 12.8. The molecule has 1 unspecified atom stereocenters. The first-order chi connectivity index (χ1) is 9.58. The van der Waals surface area contributed by atoms with Crippen molar-refractivity contribution in [2.45, 2.75) is 52.0 Å². The summed E-state index contributed by atoms with van der Waals surface area (Å²) < 4.78 is 0. The molecule has 1 fully saturated rings. The molecule has 0 aliphatic heterocycles. The van der Waals surface area contributed by atoms with E-state index >= 15 is 0 Å². The lowest BCUT2D eigenvalue weighted by molar-refractivity contribution is 0.269. The van der Waals surface area contributed by atoms with E-state index < -0.39 is 0 Å². The summed E-state index contributed by atoms with van der Waals surface area (Å²) in [5.74, 6) is 3.34. The summed E-state index contributed by atoms with van der Waals surface area (Å²) in [4.78, 5) is 11.5. The molecule has 1 aromatic heterocycles. The van der Waals surface area contributed by atoms with Gasteiger partial charge in [-0.15, -0.1) is 0 Å². The van der Waals surface area contributed by atoms with Crippen LogP contribution in [-0.4, -0.2) is 41.3 Å². The van der Waals surface area contributed by atoms with Crippen molar-refractivity contribution in [1.82, 2.24) is 9.97 Å². The molecule has 0 amide bonds. The van der Waals surface area contributed by atoms with Crippen LogP contribution >= 0.6 is 0 Å². The molecule has 0 bridgehead atoms. The Hall–Kier alpha value is -1.36. The zero-order valence-corrected chi connectivity index (χ0v) is 13.0. The Kier molecular flexibility index (Phi) is 4.81. The van der Waals surface area contributed by atoms with E-state index in [1.165, 1.54) is 12.8 Å². The van der Waals surface area contributed by atoms with Gasteiger partial charge in [0.2, 0.25) is 0 Å². The summed E-state index contributed by atoms with van der Waals surface area (Å²) in [6.45, 7) is 7.23. The van der Waals surface area contributed by atoms with Gasteiger partial charge >= 0.3 is 0 Å². The summed E-state index contributed by atoms with van der Waals surface area (Å²) in [6.07, 6.45) is 3.45. The van der Waals surface area contributed by atoms with Crippen LogP contribution in [0.2, 0.25) is 0 Å². The van der Waals surface area contributed by atoms with Gasteiger partial charge in [0, 0.05) is 25.1 Å². The molecule has 1 atom stereocenters. The van der Waals surface area contributed by atoms with Crippen molar-refractivity contribution in [2.24, 2.45) is 0 Å². The molecule has 0 radical (unpaired) electrons. The van der Waals surface area contributed by atoms with Gasteiger partial charge in [-0.1, -0.05) is 6.92 Å². The maximum absolute atomic E-state index is 9.36. The van der Waals surface area contributed by atoms with Crippen molar-refractivity contribution in [2.75, 3.05) is 30.4 Å². The van der Waals surface area contributed by atoms with Crippen molar-refractivity contribution in [3.8, 4) is 0 Å². The van der Waals surface area contributed by atoms with Gasteiger partial charge in [-0.25, -0.2) is 9.97 Å². The minimum atomic E-state index is 0.0506. The van der Waals surface area contributed by atoms with Crippen LogP contribution in [0.1, 0.15) is 50.4 Å². The number of likely N-dealkylation sites (N-methyl/N-ethyl adjacent to an activating group) is 1. The Labute approximate surface area is 121 Å². The Morgan fingerprint density at radius 2 is 2.10 bits per heavy atom. The molecule has 112 valence electrons. The first-order valence-electron chi connectivity index (χ1n) is 7.54. The van der Waals surface area contributed by atoms with E-state index in [1.54, 1.807) is 0 Å². The highest BCUT2D eigenvalue weighted by molar-refractivity contribution is 5.59. The van der Waals surface area contributed by atoms with Crippen molar-refractivity contribution < 1.29 is 5.11 Å². The van der Waals surface area contributed by atoms with Crippen molar-refractivity contribution in [1.29, 1.82) is 0 Å². The average molecular weight is 278 g/mol. The summed E-state index contributed by atoms with van der Waals surface area (Å²) in [5.41, 5.74) is 1.06. The molecule has 0 saturated heterocycles. The van der Waals surface area contributed by atoms with Crippen LogP contribution in [0.5, 0.6) is 0 Å². The standard InChI is InChI=1S/C15H26N4O/c1-5-8-16-13-11(3)15(19(4)10(2)9-20)18-14(17-13)12-6-7-12/h10,12,20H,5-9H2,1-4H3,(H,16,17,18). The van der Waals surface area contributed by atoms with E-state index in [9.17, 15) is 5.11 Å². The number of rotatable bonds is 7. The molecule has 5 nitrogen and oxygen atoms in total. The predicted octanol–water partition coefficient (Wildman–Crippen LogP) is 2.30. The van der Waals surface area contributed by atoms with Crippen LogP contribution in [-0.2, 0) is 0 Å². The molecule has 0 aromatic carbocycles. The van der Waals surface area contributed by atoms with Gasteiger partial charge in [-0.05, 0) is 33.1 Å². The summed E-state index contributed by atoms with van der Waals surface area (Å²) in [6, 6.07) is 0.0506. The normalized spacial score (nSPS) is 16.1. The van der Waals surface area contributed by atoms with E-state index in [0.29, 0.717) is 5.92 Å². The maximum Gasteiger partial charge on any atom is 0.137 e. The molecule has 1 aromatic rings. The minimum absolute atomic E-state index is 0.0506. The number of anilines is 2. The molecule has 0 spiro atoms. The lowest BCUT2D eigenvalue weighted by atomic mass is 10.2. The van der Waals surface area contributed by atoms with E-state index in [1.807, 2.05) is 25.8 Å². The lowest BCUT2D eigenvalue weighted by Gasteiger charge is -2.27. The van der Waals surface area contributed by atoms with E-state index in [-0.39, 0.29) is 12.6 Å². The van der Waals surface area contributed by atoms with Gasteiger partial charge in [0.05, 0.1) is 12.6 Å². The molecule has 2 rings (SSSR count). The highest BCUT2D eigenvalue weighted by Gasteiger charge is 2.29.